The molecule has 1 aromatic rings. The number of benzene rings is 1. The first kappa shape index (κ1) is 13.5. The van der Waals surface area contributed by atoms with Crippen LogP contribution in [0.15, 0.2) is 24.3 Å². The van der Waals surface area contributed by atoms with Crippen LogP contribution in [0.5, 0.6) is 0 Å². The Kier molecular flexibility index (Phi) is 5.45. The number of amides is 1. The molecule has 17 heavy (non-hydrogen) atoms. The van der Waals surface area contributed by atoms with Crippen molar-refractivity contribution in [3.05, 3.63) is 29.8 Å². The molecule has 94 valence electrons. The summed E-state index contributed by atoms with van der Waals surface area (Å²) in [5.74, 6) is -0.134. The number of aliphatic hydroxyl groups is 1. The highest BCUT2D eigenvalue weighted by Crippen LogP contribution is 2.05. The summed E-state index contributed by atoms with van der Waals surface area (Å²) in [4.78, 5) is 11.5. The van der Waals surface area contributed by atoms with Gasteiger partial charge in [0.15, 0.2) is 0 Å². The summed E-state index contributed by atoms with van der Waals surface area (Å²) < 4.78 is 4.75. The first-order valence-electron chi connectivity index (χ1n) is 5.40. The average molecular weight is 238 g/mol. The maximum atomic E-state index is 11.5. The van der Waals surface area contributed by atoms with E-state index in [1.807, 2.05) is 0 Å². The second kappa shape index (κ2) is 6.88. The fraction of sp³-hybridized carbons (Fsp3) is 0.417. The van der Waals surface area contributed by atoms with Gasteiger partial charge in [-0.15, -0.1) is 0 Å². The topological polar surface area (TPSA) is 84.6 Å². The number of nitrogen functional groups attached to an aromatic ring is 1. The SMILES string of the molecule is COCC(O)CNC(=O)Cc1ccc(N)cc1. The molecule has 1 aromatic carbocycles. The third-order valence-corrected chi connectivity index (χ3v) is 2.24. The Bertz CT molecular complexity index is 351. The number of aliphatic hydroxyl groups excluding tert-OH is 1. The Hall–Kier alpha value is -1.59. The monoisotopic (exact) mass is 238 g/mol. The Morgan fingerprint density at radius 2 is 2.12 bits per heavy atom. The predicted octanol–water partition coefficient (Wildman–Crippen LogP) is -0.0652. The van der Waals surface area contributed by atoms with Crippen molar-refractivity contribution >= 4 is 11.6 Å². The molecule has 0 fully saturated rings. The Labute approximate surface area is 101 Å². The summed E-state index contributed by atoms with van der Waals surface area (Å²) in [5, 5.41) is 12.0. The number of carbonyl (C=O) groups excluding carboxylic acids is 1. The minimum Gasteiger partial charge on any atom is -0.399 e. The minimum absolute atomic E-state index is 0.134. The van der Waals surface area contributed by atoms with E-state index in [1.165, 1.54) is 7.11 Å². The highest BCUT2D eigenvalue weighted by atomic mass is 16.5. The average Bonchev–Trinajstić information content (AvgIpc) is 2.30. The Morgan fingerprint density at radius 1 is 1.47 bits per heavy atom. The van der Waals surface area contributed by atoms with Crippen molar-refractivity contribution in [3.8, 4) is 0 Å². The Morgan fingerprint density at radius 3 is 2.71 bits per heavy atom. The Balaban J connectivity index is 2.32. The van der Waals surface area contributed by atoms with Crippen molar-refractivity contribution in [2.24, 2.45) is 0 Å². The zero-order valence-electron chi connectivity index (χ0n) is 9.85. The molecule has 5 heteroatoms. The van der Waals surface area contributed by atoms with Crippen LogP contribution in [-0.2, 0) is 16.0 Å². The molecule has 0 saturated carbocycles. The summed E-state index contributed by atoms with van der Waals surface area (Å²) in [6, 6.07) is 7.12. The van der Waals surface area contributed by atoms with Gasteiger partial charge in [-0.1, -0.05) is 12.1 Å². The van der Waals surface area contributed by atoms with Crippen LogP contribution in [-0.4, -0.2) is 37.4 Å². The van der Waals surface area contributed by atoms with Crippen LogP contribution in [0.2, 0.25) is 0 Å². The fourth-order valence-electron chi connectivity index (χ4n) is 1.37. The smallest absolute Gasteiger partial charge is 0.224 e. The zero-order valence-corrected chi connectivity index (χ0v) is 9.85. The van der Waals surface area contributed by atoms with Crippen molar-refractivity contribution in [2.45, 2.75) is 12.5 Å². The van der Waals surface area contributed by atoms with E-state index in [-0.39, 0.29) is 25.5 Å². The first-order chi connectivity index (χ1) is 8.11. The maximum Gasteiger partial charge on any atom is 0.224 e. The van der Waals surface area contributed by atoms with Crippen LogP contribution in [0.1, 0.15) is 5.56 Å². The molecule has 0 spiro atoms. The highest BCUT2D eigenvalue weighted by molar-refractivity contribution is 5.78. The number of hydrogen-bond donors (Lipinski definition) is 3. The summed E-state index contributed by atoms with van der Waals surface area (Å²) >= 11 is 0. The van der Waals surface area contributed by atoms with Gasteiger partial charge >= 0.3 is 0 Å². The largest absolute Gasteiger partial charge is 0.399 e. The molecule has 0 aliphatic rings. The number of hydrogen-bond acceptors (Lipinski definition) is 4. The summed E-state index contributed by atoms with van der Waals surface area (Å²) in [5.41, 5.74) is 7.10. The van der Waals surface area contributed by atoms with Crippen LogP contribution < -0.4 is 11.1 Å². The van der Waals surface area contributed by atoms with Gasteiger partial charge in [0.1, 0.15) is 0 Å². The van der Waals surface area contributed by atoms with E-state index in [1.54, 1.807) is 24.3 Å². The molecule has 0 saturated heterocycles. The van der Waals surface area contributed by atoms with E-state index >= 15 is 0 Å². The first-order valence-corrected chi connectivity index (χ1v) is 5.40. The summed E-state index contributed by atoms with van der Waals surface area (Å²) in [6.07, 6.45) is -0.393. The number of ether oxygens (including phenoxy) is 1. The second-order valence-electron chi connectivity index (χ2n) is 3.83. The van der Waals surface area contributed by atoms with E-state index < -0.39 is 6.10 Å². The number of rotatable bonds is 6. The lowest BCUT2D eigenvalue weighted by Crippen LogP contribution is -2.35. The van der Waals surface area contributed by atoms with Crippen molar-refractivity contribution in [3.63, 3.8) is 0 Å². The van der Waals surface area contributed by atoms with Gasteiger partial charge in [-0.05, 0) is 17.7 Å². The van der Waals surface area contributed by atoms with Crippen LogP contribution in [0, 0.1) is 0 Å². The van der Waals surface area contributed by atoms with Gasteiger partial charge in [-0.25, -0.2) is 0 Å². The molecule has 4 N–H and O–H groups in total. The summed E-state index contributed by atoms with van der Waals surface area (Å²) in [7, 11) is 1.50. The van der Waals surface area contributed by atoms with Crippen molar-refractivity contribution in [2.75, 3.05) is 26.0 Å². The molecule has 0 aliphatic carbocycles. The molecule has 1 atom stereocenters. The molecule has 0 aromatic heterocycles. The third-order valence-electron chi connectivity index (χ3n) is 2.24. The quantitative estimate of drug-likeness (QED) is 0.606. The van der Waals surface area contributed by atoms with Gasteiger partial charge in [-0.2, -0.15) is 0 Å². The van der Waals surface area contributed by atoms with Gasteiger partial charge < -0.3 is 20.9 Å². The standard InChI is InChI=1S/C12H18N2O3/c1-17-8-11(15)7-14-12(16)6-9-2-4-10(13)5-3-9/h2-5,11,15H,6-8,13H2,1H3,(H,14,16). The van der Waals surface area contributed by atoms with Crippen LogP contribution in [0.4, 0.5) is 5.69 Å². The van der Waals surface area contributed by atoms with E-state index in [2.05, 4.69) is 5.32 Å². The van der Waals surface area contributed by atoms with Crippen LogP contribution in [0.3, 0.4) is 0 Å². The van der Waals surface area contributed by atoms with E-state index in [4.69, 9.17) is 10.5 Å². The maximum absolute atomic E-state index is 11.5. The van der Waals surface area contributed by atoms with Gasteiger partial charge in [0.05, 0.1) is 19.1 Å². The lowest BCUT2D eigenvalue weighted by atomic mass is 10.1. The van der Waals surface area contributed by atoms with Gasteiger partial charge in [0, 0.05) is 19.3 Å². The van der Waals surface area contributed by atoms with E-state index in [0.29, 0.717) is 5.69 Å². The summed E-state index contributed by atoms with van der Waals surface area (Å²) in [6.45, 7) is 0.407. The van der Waals surface area contributed by atoms with E-state index in [9.17, 15) is 9.90 Å². The molecular formula is C12H18N2O3. The zero-order chi connectivity index (χ0) is 12.7. The molecule has 0 bridgehead atoms. The molecule has 5 nitrogen and oxygen atoms in total. The molecule has 1 amide bonds. The highest BCUT2D eigenvalue weighted by Gasteiger charge is 2.07. The second-order valence-corrected chi connectivity index (χ2v) is 3.83. The van der Waals surface area contributed by atoms with E-state index in [0.717, 1.165) is 5.56 Å². The van der Waals surface area contributed by atoms with Gasteiger partial charge in [0.2, 0.25) is 5.91 Å². The van der Waals surface area contributed by atoms with Gasteiger partial charge in [0.25, 0.3) is 0 Å². The van der Waals surface area contributed by atoms with Crippen LogP contribution >= 0.6 is 0 Å². The van der Waals surface area contributed by atoms with Crippen molar-refractivity contribution in [1.29, 1.82) is 0 Å². The minimum atomic E-state index is -0.671. The molecule has 1 unspecified atom stereocenters. The number of methoxy groups -OCH3 is 1. The fourth-order valence-corrected chi connectivity index (χ4v) is 1.37. The molecule has 0 aliphatic heterocycles. The van der Waals surface area contributed by atoms with Crippen molar-refractivity contribution in [1.82, 2.24) is 5.32 Å². The predicted molar refractivity (Wildman–Crippen MR) is 65.5 cm³/mol. The lowest BCUT2D eigenvalue weighted by molar-refractivity contribution is -0.121. The number of carbonyl (C=O) groups is 1. The van der Waals surface area contributed by atoms with Gasteiger partial charge in [-0.3, -0.25) is 4.79 Å². The normalized spacial score (nSPS) is 12.1. The number of nitrogens with one attached hydrogen (secondary N) is 1. The molecule has 0 heterocycles. The third kappa shape index (κ3) is 5.33. The molecule has 1 rings (SSSR count). The number of anilines is 1. The van der Waals surface area contributed by atoms with Crippen molar-refractivity contribution < 1.29 is 14.6 Å². The molecule has 0 radical (unpaired) electrons. The molecular weight excluding hydrogens is 220 g/mol. The van der Waals surface area contributed by atoms with Crippen LogP contribution in [0.25, 0.3) is 0 Å². The lowest BCUT2D eigenvalue weighted by Gasteiger charge is -2.10. The number of nitrogens with two attached hydrogens (primary N) is 1.